The summed E-state index contributed by atoms with van der Waals surface area (Å²) in [6.07, 6.45) is 10.3. The molecule has 0 bridgehead atoms. The van der Waals surface area contributed by atoms with E-state index in [1.807, 2.05) is 4.90 Å². The number of carbonyl (C=O) groups excluding carboxylic acids is 3. The normalized spacial score (nSPS) is 24.7. The van der Waals surface area contributed by atoms with E-state index in [9.17, 15) is 14.4 Å². The average molecular weight is 416 g/mol. The van der Waals surface area contributed by atoms with Crippen molar-refractivity contribution in [3.05, 3.63) is 11.6 Å². The number of hydrogen-bond donors (Lipinski definition) is 2. The number of allylic oxidation sites excluding steroid dienone is 1. The fraction of sp³-hybridized carbons (Fsp3) is 0.708. The largest absolute Gasteiger partial charge is 0.355 e. The Balaban J connectivity index is 1.92. The SMILES string of the molecule is C#CCNC(=O)C[C@@H]1C[C@@H](C(C)C)[C@H](CNC(=O)C2CCN(C(C)=O)CC2)C=C1C. The molecule has 1 aliphatic heterocycles. The van der Waals surface area contributed by atoms with Gasteiger partial charge in [0, 0.05) is 38.9 Å². The van der Waals surface area contributed by atoms with Crippen LogP contribution >= 0.6 is 0 Å². The van der Waals surface area contributed by atoms with Gasteiger partial charge in [0.1, 0.15) is 0 Å². The molecule has 0 saturated carbocycles. The summed E-state index contributed by atoms with van der Waals surface area (Å²) in [5.41, 5.74) is 1.22. The van der Waals surface area contributed by atoms with Gasteiger partial charge < -0.3 is 15.5 Å². The van der Waals surface area contributed by atoms with Crippen molar-refractivity contribution < 1.29 is 14.4 Å². The smallest absolute Gasteiger partial charge is 0.223 e. The second-order valence-electron chi connectivity index (χ2n) is 9.13. The molecule has 3 amide bonds. The number of carbonyl (C=O) groups is 3. The Labute approximate surface area is 181 Å². The topological polar surface area (TPSA) is 78.5 Å². The highest BCUT2D eigenvalue weighted by Gasteiger charge is 2.33. The Kier molecular flexibility index (Phi) is 8.95. The van der Waals surface area contributed by atoms with Gasteiger partial charge in [0.05, 0.1) is 6.54 Å². The number of rotatable bonds is 7. The van der Waals surface area contributed by atoms with Gasteiger partial charge in [0.2, 0.25) is 17.7 Å². The molecule has 1 fully saturated rings. The van der Waals surface area contributed by atoms with E-state index in [0.717, 1.165) is 19.3 Å². The Morgan fingerprint density at radius 3 is 2.47 bits per heavy atom. The number of nitrogens with one attached hydrogen (secondary N) is 2. The lowest BCUT2D eigenvalue weighted by Gasteiger charge is -2.37. The van der Waals surface area contributed by atoms with E-state index >= 15 is 0 Å². The standard InChI is InChI=1S/C24H37N3O3/c1-6-9-25-23(29)14-20-13-22(16(2)3)21(12-17(20)4)15-26-24(30)19-7-10-27(11-8-19)18(5)28/h1,12,16,19-22H,7-11,13-15H2,2-5H3,(H,25,29)(H,26,30)/t20-,21-,22-/m0/s1. The number of terminal acetylenes is 1. The molecule has 3 atom stereocenters. The molecule has 166 valence electrons. The molecule has 6 nitrogen and oxygen atoms in total. The van der Waals surface area contributed by atoms with E-state index in [4.69, 9.17) is 6.42 Å². The minimum atomic E-state index is -0.0145. The summed E-state index contributed by atoms with van der Waals surface area (Å²) in [6.45, 7) is 10.3. The van der Waals surface area contributed by atoms with Crippen LogP contribution in [0.1, 0.15) is 53.4 Å². The molecule has 2 rings (SSSR count). The maximum atomic E-state index is 12.7. The third-order valence-electron chi connectivity index (χ3n) is 6.73. The van der Waals surface area contributed by atoms with Gasteiger partial charge in [0.15, 0.2) is 0 Å². The molecule has 0 aromatic carbocycles. The average Bonchev–Trinajstić information content (AvgIpc) is 2.71. The van der Waals surface area contributed by atoms with Gasteiger partial charge in [0.25, 0.3) is 0 Å². The number of nitrogens with zero attached hydrogens (tertiary/aromatic N) is 1. The van der Waals surface area contributed by atoms with Crippen LogP contribution in [0, 0.1) is 41.9 Å². The molecule has 0 unspecified atom stereocenters. The molecule has 1 saturated heterocycles. The first-order chi connectivity index (χ1) is 14.2. The van der Waals surface area contributed by atoms with Crippen LogP contribution in [-0.4, -0.2) is 48.8 Å². The number of amides is 3. The van der Waals surface area contributed by atoms with E-state index in [1.54, 1.807) is 6.92 Å². The Morgan fingerprint density at radius 1 is 1.23 bits per heavy atom. The predicted octanol–water partition coefficient (Wildman–Crippen LogP) is 2.36. The molecule has 30 heavy (non-hydrogen) atoms. The van der Waals surface area contributed by atoms with Crippen molar-refractivity contribution in [3.63, 3.8) is 0 Å². The van der Waals surface area contributed by atoms with Gasteiger partial charge >= 0.3 is 0 Å². The Hall–Kier alpha value is -2.29. The first-order valence-corrected chi connectivity index (χ1v) is 11.1. The lowest BCUT2D eigenvalue weighted by Crippen LogP contribution is -2.44. The molecule has 2 aliphatic rings. The molecule has 0 aromatic heterocycles. The second kappa shape index (κ2) is 11.2. The van der Waals surface area contributed by atoms with Crippen molar-refractivity contribution in [1.82, 2.24) is 15.5 Å². The monoisotopic (exact) mass is 415 g/mol. The van der Waals surface area contributed by atoms with Gasteiger partial charge in [-0.1, -0.05) is 31.4 Å². The van der Waals surface area contributed by atoms with Crippen molar-refractivity contribution in [1.29, 1.82) is 0 Å². The van der Waals surface area contributed by atoms with E-state index < -0.39 is 0 Å². The van der Waals surface area contributed by atoms with Crippen molar-refractivity contribution >= 4 is 17.7 Å². The maximum Gasteiger partial charge on any atom is 0.223 e. The predicted molar refractivity (Wildman–Crippen MR) is 118 cm³/mol. The fourth-order valence-corrected chi connectivity index (χ4v) is 4.77. The van der Waals surface area contributed by atoms with Crippen LogP contribution in [0.4, 0.5) is 0 Å². The summed E-state index contributed by atoms with van der Waals surface area (Å²) < 4.78 is 0. The van der Waals surface area contributed by atoms with E-state index in [1.165, 1.54) is 5.57 Å². The van der Waals surface area contributed by atoms with E-state index in [-0.39, 0.29) is 42.0 Å². The fourth-order valence-electron chi connectivity index (χ4n) is 4.77. The third kappa shape index (κ3) is 6.62. The van der Waals surface area contributed by atoms with Crippen LogP contribution in [0.5, 0.6) is 0 Å². The van der Waals surface area contributed by atoms with Gasteiger partial charge in [-0.05, 0) is 49.9 Å². The second-order valence-corrected chi connectivity index (χ2v) is 9.13. The summed E-state index contributed by atoms with van der Waals surface area (Å²) in [5.74, 6) is 3.98. The minimum absolute atomic E-state index is 0.00291. The highest BCUT2D eigenvalue weighted by molar-refractivity contribution is 5.79. The van der Waals surface area contributed by atoms with Crippen molar-refractivity contribution in [2.75, 3.05) is 26.2 Å². The van der Waals surface area contributed by atoms with Crippen LogP contribution in [0.25, 0.3) is 0 Å². The minimum Gasteiger partial charge on any atom is -0.355 e. The summed E-state index contributed by atoms with van der Waals surface area (Å²) in [6, 6.07) is 0. The Morgan fingerprint density at radius 2 is 1.90 bits per heavy atom. The van der Waals surface area contributed by atoms with E-state index in [2.05, 4.69) is 43.4 Å². The molecule has 1 aliphatic carbocycles. The number of piperidine rings is 1. The first-order valence-electron chi connectivity index (χ1n) is 11.1. The van der Waals surface area contributed by atoms with Crippen LogP contribution in [-0.2, 0) is 14.4 Å². The summed E-state index contributed by atoms with van der Waals surface area (Å²) in [5, 5.41) is 5.92. The molecule has 6 heteroatoms. The maximum absolute atomic E-state index is 12.7. The van der Waals surface area contributed by atoms with Gasteiger partial charge in [-0.15, -0.1) is 6.42 Å². The van der Waals surface area contributed by atoms with Gasteiger partial charge in [-0.2, -0.15) is 0 Å². The zero-order valence-corrected chi connectivity index (χ0v) is 18.9. The lowest BCUT2D eigenvalue weighted by atomic mass is 9.69. The van der Waals surface area contributed by atoms with Gasteiger partial charge in [-0.25, -0.2) is 0 Å². The molecule has 0 radical (unpaired) electrons. The van der Waals surface area contributed by atoms with Crippen molar-refractivity contribution in [2.24, 2.45) is 29.6 Å². The summed E-state index contributed by atoms with van der Waals surface area (Å²) >= 11 is 0. The highest BCUT2D eigenvalue weighted by Crippen LogP contribution is 2.38. The zero-order valence-electron chi connectivity index (χ0n) is 18.9. The molecule has 0 spiro atoms. The Bertz CT molecular complexity index is 699. The molecule has 0 aromatic rings. The van der Waals surface area contributed by atoms with Crippen LogP contribution in [0.2, 0.25) is 0 Å². The van der Waals surface area contributed by atoms with Gasteiger partial charge in [-0.3, -0.25) is 14.4 Å². The van der Waals surface area contributed by atoms with E-state index in [0.29, 0.717) is 37.9 Å². The van der Waals surface area contributed by atoms with Crippen LogP contribution in [0.3, 0.4) is 0 Å². The van der Waals surface area contributed by atoms with Crippen LogP contribution in [0.15, 0.2) is 11.6 Å². The zero-order chi connectivity index (χ0) is 22.3. The quantitative estimate of drug-likeness (QED) is 0.495. The number of likely N-dealkylation sites (tertiary alicyclic amines) is 1. The molecule has 1 heterocycles. The molecule has 2 N–H and O–H groups in total. The third-order valence-corrected chi connectivity index (χ3v) is 6.73. The van der Waals surface area contributed by atoms with Crippen LogP contribution < -0.4 is 10.6 Å². The molecular weight excluding hydrogens is 378 g/mol. The molecular formula is C24H37N3O3. The van der Waals surface area contributed by atoms with Crippen molar-refractivity contribution in [2.45, 2.75) is 53.4 Å². The summed E-state index contributed by atoms with van der Waals surface area (Å²) in [4.78, 5) is 38.1. The first kappa shape index (κ1) is 24.0. The summed E-state index contributed by atoms with van der Waals surface area (Å²) in [7, 11) is 0. The lowest BCUT2D eigenvalue weighted by molar-refractivity contribution is -0.134. The number of hydrogen-bond acceptors (Lipinski definition) is 3. The highest BCUT2D eigenvalue weighted by atomic mass is 16.2. The van der Waals surface area contributed by atoms with Crippen molar-refractivity contribution in [3.8, 4) is 12.3 Å².